The SMILES string of the molecule is COc1ccc(CN(c2ccncn2)S(=O)(=O)c2c(F)cc(N[C@@H](N)c3cc(Cl)ccc3F)cc2F)c(OC)c1. The van der Waals surface area contributed by atoms with Crippen molar-refractivity contribution < 1.29 is 31.1 Å². The first-order valence-corrected chi connectivity index (χ1v) is 13.3. The summed E-state index contributed by atoms with van der Waals surface area (Å²) in [6.45, 7) is -0.398. The summed E-state index contributed by atoms with van der Waals surface area (Å²) in [4.78, 5) is 6.52. The minimum absolute atomic E-state index is 0.0617. The third-order valence-electron chi connectivity index (χ3n) is 5.79. The standard InChI is InChI=1S/C26H23ClF3N5O4S/c1-38-18-5-3-15(23(12-18)39-2)13-35(24-7-8-32-14-33-24)40(36,37)25-21(29)10-17(11-22(25)30)34-26(31)19-9-16(27)4-6-20(19)28/h3-12,14,26,34H,13,31H2,1-2H3/t26-/m1/s1. The number of ether oxygens (including phenoxy) is 2. The van der Waals surface area contributed by atoms with Crippen LogP contribution in [0.1, 0.15) is 17.3 Å². The zero-order valence-electron chi connectivity index (χ0n) is 21.1. The molecule has 0 aliphatic rings. The van der Waals surface area contributed by atoms with E-state index in [1.807, 2.05) is 0 Å². The van der Waals surface area contributed by atoms with E-state index in [2.05, 4.69) is 15.3 Å². The fourth-order valence-electron chi connectivity index (χ4n) is 3.87. The molecular weight excluding hydrogens is 571 g/mol. The first kappa shape index (κ1) is 28.9. The number of nitrogens with one attached hydrogen (secondary N) is 1. The van der Waals surface area contributed by atoms with Gasteiger partial charge in [0, 0.05) is 40.2 Å². The molecule has 1 heterocycles. The van der Waals surface area contributed by atoms with Crippen molar-refractivity contribution in [1.82, 2.24) is 9.97 Å². The maximum atomic E-state index is 15.4. The molecule has 0 saturated carbocycles. The normalized spacial score (nSPS) is 12.1. The van der Waals surface area contributed by atoms with Crippen LogP contribution in [0.25, 0.3) is 0 Å². The molecule has 9 nitrogen and oxygen atoms in total. The third kappa shape index (κ3) is 6.06. The van der Waals surface area contributed by atoms with Gasteiger partial charge in [0.2, 0.25) is 0 Å². The van der Waals surface area contributed by atoms with Gasteiger partial charge in [-0.15, -0.1) is 0 Å². The molecular formula is C26H23ClF3N5O4S. The largest absolute Gasteiger partial charge is 0.497 e. The first-order chi connectivity index (χ1) is 19.0. The Kier molecular flexibility index (Phi) is 8.67. The summed E-state index contributed by atoms with van der Waals surface area (Å²) in [6.07, 6.45) is 1.13. The summed E-state index contributed by atoms with van der Waals surface area (Å²) in [5.41, 5.74) is 6.03. The van der Waals surface area contributed by atoms with Crippen LogP contribution in [-0.4, -0.2) is 32.6 Å². The quantitative estimate of drug-likeness (QED) is 0.246. The zero-order chi connectivity index (χ0) is 29.0. The number of hydrogen-bond donors (Lipinski definition) is 2. The molecule has 0 aliphatic carbocycles. The van der Waals surface area contributed by atoms with E-state index in [0.29, 0.717) is 11.3 Å². The number of nitrogens with two attached hydrogens (primary N) is 1. The highest BCUT2D eigenvalue weighted by Gasteiger charge is 2.33. The van der Waals surface area contributed by atoms with Gasteiger partial charge in [0.1, 0.15) is 47.3 Å². The average Bonchev–Trinajstić information content (AvgIpc) is 2.92. The summed E-state index contributed by atoms with van der Waals surface area (Å²) in [5.74, 6) is -2.94. The highest BCUT2D eigenvalue weighted by atomic mass is 35.5. The van der Waals surface area contributed by atoms with Crippen LogP contribution in [0, 0.1) is 17.5 Å². The lowest BCUT2D eigenvalue weighted by Gasteiger charge is -2.25. The maximum absolute atomic E-state index is 15.4. The second-order valence-corrected chi connectivity index (χ2v) is 10.5. The van der Waals surface area contributed by atoms with Crippen LogP contribution in [0.15, 0.2) is 72.0 Å². The number of anilines is 2. The van der Waals surface area contributed by atoms with Gasteiger partial charge in [0.15, 0.2) is 4.90 Å². The van der Waals surface area contributed by atoms with Gasteiger partial charge in [-0.1, -0.05) is 11.6 Å². The van der Waals surface area contributed by atoms with Gasteiger partial charge in [-0.3, -0.25) is 0 Å². The predicted octanol–water partition coefficient (Wildman–Crippen LogP) is 5.03. The summed E-state index contributed by atoms with van der Waals surface area (Å²) in [5, 5.41) is 2.75. The predicted molar refractivity (Wildman–Crippen MR) is 143 cm³/mol. The van der Waals surface area contributed by atoms with E-state index >= 15 is 8.78 Å². The lowest BCUT2D eigenvalue weighted by atomic mass is 10.1. The molecule has 0 radical (unpaired) electrons. The number of aromatic nitrogens is 2. The van der Waals surface area contributed by atoms with E-state index in [9.17, 15) is 12.8 Å². The van der Waals surface area contributed by atoms with E-state index in [4.69, 9.17) is 26.8 Å². The molecule has 4 aromatic rings. The van der Waals surface area contributed by atoms with Crippen LogP contribution in [0.2, 0.25) is 5.02 Å². The van der Waals surface area contributed by atoms with Crippen molar-refractivity contribution in [3.8, 4) is 11.5 Å². The van der Waals surface area contributed by atoms with Crippen molar-refractivity contribution in [2.75, 3.05) is 23.8 Å². The molecule has 1 aromatic heterocycles. The highest BCUT2D eigenvalue weighted by molar-refractivity contribution is 7.92. The lowest BCUT2D eigenvalue weighted by molar-refractivity contribution is 0.391. The van der Waals surface area contributed by atoms with Crippen molar-refractivity contribution in [3.05, 3.63) is 101 Å². The molecule has 0 spiro atoms. The Hall–Kier alpha value is -4.07. The van der Waals surface area contributed by atoms with E-state index in [1.54, 1.807) is 12.1 Å². The fraction of sp³-hybridized carbons (Fsp3) is 0.154. The summed E-state index contributed by atoms with van der Waals surface area (Å²) >= 11 is 5.89. The zero-order valence-corrected chi connectivity index (χ0v) is 22.7. The minimum Gasteiger partial charge on any atom is -0.497 e. The van der Waals surface area contributed by atoms with Crippen LogP contribution in [0.4, 0.5) is 24.7 Å². The van der Waals surface area contributed by atoms with Crippen LogP contribution in [0.5, 0.6) is 11.5 Å². The van der Waals surface area contributed by atoms with Crippen molar-refractivity contribution in [2.45, 2.75) is 17.6 Å². The van der Waals surface area contributed by atoms with Crippen LogP contribution >= 0.6 is 11.6 Å². The molecule has 0 aliphatic heterocycles. The molecule has 0 saturated heterocycles. The van der Waals surface area contributed by atoms with Crippen molar-refractivity contribution in [1.29, 1.82) is 0 Å². The van der Waals surface area contributed by atoms with Crippen molar-refractivity contribution in [3.63, 3.8) is 0 Å². The molecule has 0 bridgehead atoms. The van der Waals surface area contributed by atoms with Crippen LogP contribution in [0.3, 0.4) is 0 Å². The van der Waals surface area contributed by atoms with Gasteiger partial charge in [-0.25, -0.2) is 35.9 Å². The molecule has 0 unspecified atom stereocenters. The number of rotatable bonds is 10. The number of methoxy groups -OCH3 is 2. The van der Waals surface area contributed by atoms with Gasteiger partial charge in [0.25, 0.3) is 10.0 Å². The average molecular weight is 594 g/mol. The van der Waals surface area contributed by atoms with Gasteiger partial charge < -0.3 is 20.5 Å². The van der Waals surface area contributed by atoms with Crippen LogP contribution < -0.4 is 24.8 Å². The van der Waals surface area contributed by atoms with Gasteiger partial charge in [-0.2, -0.15) is 0 Å². The molecule has 40 heavy (non-hydrogen) atoms. The Labute approximate surface area is 233 Å². The monoisotopic (exact) mass is 593 g/mol. The smallest absolute Gasteiger partial charge is 0.271 e. The molecule has 0 amide bonds. The maximum Gasteiger partial charge on any atom is 0.271 e. The van der Waals surface area contributed by atoms with E-state index in [0.717, 1.165) is 28.8 Å². The third-order valence-corrected chi connectivity index (χ3v) is 7.83. The number of nitrogens with zero attached hydrogens (tertiary/aromatic N) is 3. The molecule has 3 N–H and O–H groups in total. The van der Waals surface area contributed by atoms with E-state index < -0.39 is 45.1 Å². The number of benzene rings is 3. The molecule has 210 valence electrons. The Morgan fingerprint density at radius 3 is 2.35 bits per heavy atom. The number of hydrogen-bond acceptors (Lipinski definition) is 8. The van der Waals surface area contributed by atoms with Gasteiger partial charge in [-0.05, 0) is 42.5 Å². The van der Waals surface area contributed by atoms with Crippen molar-refractivity contribution in [2.24, 2.45) is 5.73 Å². The van der Waals surface area contributed by atoms with E-state index in [1.165, 1.54) is 44.7 Å². The topological polar surface area (TPSA) is 120 Å². The molecule has 3 aromatic carbocycles. The van der Waals surface area contributed by atoms with Crippen molar-refractivity contribution >= 4 is 33.1 Å². The second kappa shape index (κ2) is 12.0. The Balaban J connectivity index is 1.73. The second-order valence-electron chi connectivity index (χ2n) is 8.31. The Morgan fingerprint density at radius 1 is 1.00 bits per heavy atom. The molecule has 4 rings (SSSR count). The number of sulfonamides is 1. The highest BCUT2D eigenvalue weighted by Crippen LogP contribution is 2.33. The minimum atomic E-state index is -4.89. The first-order valence-electron chi connectivity index (χ1n) is 11.5. The Morgan fingerprint density at radius 2 is 1.73 bits per heavy atom. The molecule has 14 heteroatoms. The summed E-state index contributed by atoms with van der Waals surface area (Å²) in [7, 11) is -2.06. The Bertz CT molecular complexity index is 1610. The number of halogens is 4. The van der Waals surface area contributed by atoms with Gasteiger partial charge in [0.05, 0.1) is 20.8 Å². The van der Waals surface area contributed by atoms with Gasteiger partial charge >= 0.3 is 0 Å². The lowest BCUT2D eigenvalue weighted by Crippen LogP contribution is -2.33. The van der Waals surface area contributed by atoms with Crippen LogP contribution in [-0.2, 0) is 16.6 Å². The molecule has 0 fully saturated rings. The van der Waals surface area contributed by atoms with E-state index in [-0.39, 0.29) is 27.8 Å². The summed E-state index contributed by atoms with van der Waals surface area (Å²) in [6, 6.07) is 11.1. The fourth-order valence-corrected chi connectivity index (χ4v) is 5.54. The molecule has 1 atom stereocenters. The summed E-state index contributed by atoms with van der Waals surface area (Å²) < 4.78 is 83.7.